The molecule has 7 heteroatoms. The first kappa shape index (κ1) is 36.4. The molecule has 0 bridgehead atoms. The number of hydrogen-bond acceptors (Lipinski definition) is 6. The maximum absolute atomic E-state index is 13.2. The van der Waals surface area contributed by atoms with Crippen molar-refractivity contribution in [3.05, 3.63) is 29.8 Å². The van der Waals surface area contributed by atoms with Gasteiger partial charge in [-0.25, -0.2) is 4.79 Å². The van der Waals surface area contributed by atoms with Crippen molar-refractivity contribution < 1.29 is 28.8 Å². The molecule has 10 atom stereocenters. The van der Waals surface area contributed by atoms with Gasteiger partial charge in [0, 0.05) is 12.0 Å². The lowest BCUT2D eigenvalue weighted by Crippen LogP contribution is -2.66. The monoisotopic (exact) mass is 679 g/mol. The van der Waals surface area contributed by atoms with Crippen molar-refractivity contribution >= 4 is 6.09 Å². The zero-order valence-corrected chi connectivity index (χ0v) is 32.0. The van der Waals surface area contributed by atoms with Gasteiger partial charge in [0.15, 0.2) is 11.5 Å². The van der Waals surface area contributed by atoms with E-state index in [9.17, 15) is 9.90 Å². The fourth-order valence-corrected chi connectivity index (χ4v) is 13.4. The Morgan fingerprint density at radius 1 is 0.857 bits per heavy atom. The Labute approximate surface area is 296 Å². The lowest BCUT2D eigenvalue weighted by molar-refractivity contribution is -0.249. The molecular formula is C42H65NO6. The summed E-state index contributed by atoms with van der Waals surface area (Å²) in [5, 5.41) is 14.1. The second kappa shape index (κ2) is 13.0. The highest BCUT2D eigenvalue weighted by atomic mass is 16.5. The van der Waals surface area contributed by atoms with Crippen LogP contribution in [0.15, 0.2) is 24.3 Å². The summed E-state index contributed by atoms with van der Waals surface area (Å²) in [5.41, 5.74) is 3.03. The Hall–Kier alpha value is -2.41. The normalized spacial score (nSPS) is 40.5. The summed E-state index contributed by atoms with van der Waals surface area (Å²) in [6.07, 6.45) is 11.7. The van der Waals surface area contributed by atoms with Crippen LogP contribution < -0.4 is 19.5 Å². The van der Waals surface area contributed by atoms with E-state index < -0.39 is 0 Å². The van der Waals surface area contributed by atoms with E-state index in [2.05, 4.69) is 53.4 Å². The molecule has 1 aromatic carbocycles. The number of hydrogen-bond donors (Lipinski definition) is 2. The molecule has 0 aromatic heterocycles. The highest BCUT2D eigenvalue weighted by Gasteiger charge is 2.71. The van der Waals surface area contributed by atoms with Crippen LogP contribution in [0.5, 0.6) is 17.2 Å². The minimum absolute atomic E-state index is 0.00306. The summed E-state index contributed by atoms with van der Waals surface area (Å²) in [6, 6.07) is 3.85. The Morgan fingerprint density at radius 3 is 2.18 bits per heavy atom. The molecular weight excluding hydrogens is 614 g/mol. The van der Waals surface area contributed by atoms with Crippen molar-refractivity contribution in [2.75, 3.05) is 34.5 Å². The summed E-state index contributed by atoms with van der Waals surface area (Å²) < 4.78 is 22.6. The number of alkyl carbamates (subject to hydrolysis) is 1. The lowest BCUT2D eigenvalue weighted by Gasteiger charge is -2.73. The summed E-state index contributed by atoms with van der Waals surface area (Å²) in [5.74, 6) is 4.58. The Kier molecular flexibility index (Phi) is 9.63. The number of methoxy groups -OCH3 is 3. The van der Waals surface area contributed by atoms with Gasteiger partial charge in [0.1, 0.15) is 0 Å². The molecule has 0 heterocycles. The van der Waals surface area contributed by atoms with Gasteiger partial charge in [0.25, 0.3) is 0 Å². The highest BCUT2D eigenvalue weighted by molar-refractivity contribution is 5.67. The quantitative estimate of drug-likeness (QED) is 0.254. The lowest BCUT2D eigenvalue weighted by atomic mass is 9.32. The van der Waals surface area contributed by atoms with Crippen LogP contribution in [0.3, 0.4) is 0 Å². The van der Waals surface area contributed by atoms with Gasteiger partial charge in [-0.2, -0.15) is 0 Å². The van der Waals surface area contributed by atoms with E-state index >= 15 is 0 Å². The molecule has 0 unspecified atom stereocenters. The summed E-state index contributed by atoms with van der Waals surface area (Å²) in [7, 11) is 4.81. The third-order valence-corrected chi connectivity index (χ3v) is 16.1. The molecule has 0 radical (unpaired) electrons. The average molecular weight is 680 g/mol. The number of ether oxygens (including phenoxy) is 4. The third-order valence-electron chi connectivity index (χ3n) is 16.1. The van der Waals surface area contributed by atoms with E-state index in [1.807, 2.05) is 12.1 Å². The maximum Gasteiger partial charge on any atom is 0.407 e. The smallest absolute Gasteiger partial charge is 0.407 e. The molecule has 0 spiro atoms. The predicted molar refractivity (Wildman–Crippen MR) is 194 cm³/mol. The topological polar surface area (TPSA) is 86.3 Å². The molecule has 5 saturated carbocycles. The largest absolute Gasteiger partial charge is 0.493 e. The molecule has 0 saturated heterocycles. The average Bonchev–Trinajstić information content (AvgIpc) is 3.46. The number of carbonyl (C=O) groups excluding carboxylic acids is 1. The van der Waals surface area contributed by atoms with Crippen molar-refractivity contribution in [1.82, 2.24) is 5.32 Å². The number of aliphatic hydroxyl groups excluding tert-OH is 1. The summed E-state index contributed by atoms with van der Waals surface area (Å²) in [6.45, 7) is 20.3. The number of benzene rings is 1. The highest BCUT2D eigenvalue weighted by Crippen LogP contribution is 2.77. The number of nitrogens with one attached hydrogen (secondary N) is 1. The van der Waals surface area contributed by atoms with Crippen LogP contribution >= 0.6 is 0 Å². The van der Waals surface area contributed by atoms with Gasteiger partial charge in [0.05, 0.1) is 34.0 Å². The van der Waals surface area contributed by atoms with Gasteiger partial charge in [0.2, 0.25) is 5.75 Å². The van der Waals surface area contributed by atoms with Crippen molar-refractivity contribution in [1.29, 1.82) is 0 Å². The zero-order valence-electron chi connectivity index (χ0n) is 32.0. The molecule has 2 N–H and O–H groups in total. The number of carbonyl (C=O) groups is 1. The molecule has 49 heavy (non-hydrogen) atoms. The van der Waals surface area contributed by atoms with Gasteiger partial charge in [-0.15, -0.1) is 0 Å². The SMILES string of the molecule is C=C(C)[C@@H]1CC[C@]2(COC(=O)NCCc3cc(OC)c(OC)c(OC)c3)CC[C@]3(C)[C@H](CC[C@@H]4[C@@]5(C)CC[C@H](O)C(C)(C)[C@@H]5CC[C@]43C)[C@@H]12. The molecule has 7 nitrogen and oxygen atoms in total. The molecule has 0 aliphatic heterocycles. The predicted octanol–water partition coefficient (Wildman–Crippen LogP) is 9.00. The zero-order chi connectivity index (χ0) is 35.6. The molecule has 5 aliphatic carbocycles. The number of amides is 1. The number of fused-ring (bicyclic) bond motifs is 7. The van der Waals surface area contributed by atoms with Crippen LogP contribution in [-0.4, -0.2) is 51.8 Å². The first-order chi connectivity index (χ1) is 23.1. The Morgan fingerprint density at radius 2 is 1.55 bits per heavy atom. The van der Waals surface area contributed by atoms with Crippen molar-refractivity contribution in [3.63, 3.8) is 0 Å². The van der Waals surface area contributed by atoms with E-state index in [0.29, 0.717) is 66.4 Å². The Bertz CT molecular complexity index is 1400. The van der Waals surface area contributed by atoms with E-state index in [0.717, 1.165) is 37.7 Å². The molecule has 274 valence electrons. The number of rotatable bonds is 9. The number of aliphatic hydroxyl groups is 1. The minimum Gasteiger partial charge on any atom is -0.493 e. The van der Waals surface area contributed by atoms with Gasteiger partial charge in [-0.1, -0.05) is 46.8 Å². The summed E-state index contributed by atoms with van der Waals surface area (Å²) in [4.78, 5) is 13.2. The second-order valence-corrected chi connectivity index (χ2v) is 18.2. The van der Waals surface area contributed by atoms with Crippen molar-refractivity contribution in [2.24, 2.45) is 56.7 Å². The second-order valence-electron chi connectivity index (χ2n) is 18.2. The van der Waals surface area contributed by atoms with E-state index in [1.165, 1.54) is 37.7 Å². The van der Waals surface area contributed by atoms with Gasteiger partial charge < -0.3 is 29.4 Å². The first-order valence-electron chi connectivity index (χ1n) is 19.1. The first-order valence-corrected chi connectivity index (χ1v) is 19.1. The Balaban J connectivity index is 1.17. The van der Waals surface area contributed by atoms with E-state index in [-0.39, 0.29) is 39.3 Å². The van der Waals surface area contributed by atoms with Crippen LogP contribution in [0.4, 0.5) is 4.79 Å². The van der Waals surface area contributed by atoms with E-state index in [4.69, 9.17) is 18.9 Å². The fraction of sp³-hybridized carbons (Fsp3) is 0.786. The number of allylic oxidation sites excluding steroid dienone is 1. The standard InChI is InChI=1S/C42H65NO6/c1-26(2)28-13-19-42(25-49-37(45)43-22-16-27-23-30(46-8)36(48-10)31(24-27)47-9)21-20-40(6)29(35(28)42)11-12-33-39(5)17-15-34(44)38(3,4)32(39)14-18-41(33,40)7/h23-24,28-29,32-35,44H,1,11-22,25H2,2-10H3,(H,43,45)/t28-,29+,32-,33+,34-,35+,39-,40+,41+,42+/m0/s1. The van der Waals surface area contributed by atoms with Crippen LogP contribution in [0, 0.1) is 56.7 Å². The van der Waals surface area contributed by atoms with E-state index in [1.54, 1.807) is 21.3 Å². The molecule has 6 rings (SSSR count). The fourth-order valence-electron chi connectivity index (χ4n) is 13.4. The van der Waals surface area contributed by atoms with Crippen LogP contribution in [0.1, 0.15) is 111 Å². The van der Waals surface area contributed by atoms with Crippen LogP contribution in [-0.2, 0) is 11.2 Å². The molecule has 5 aliphatic rings. The van der Waals surface area contributed by atoms with Gasteiger partial charge in [-0.05, 0) is 146 Å². The van der Waals surface area contributed by atoms with Crippen molar-refractivity contribution in [3.8, 4) is 17.2 Å². The molecule has 5 fully saturated rings. The molecule has 1 aromatic rings. The summed E-state index contributed by atoms with van der Waals surface area (Å²) >= 11 is 0. The van der Waals surface area contributed by atoms with Gasteiger partial charge in [-0.3, -0.25) is 0 Å². The van der Waals surface area contributed by atoms with Crippen molar-refractivity contribution in [2.45, 2.75) is 118 Å². The minimum atomic E-state index is -0.336. The maximum atomic E-state index is 13.2. The third kappa shape index (κ3) is 5.58. The van der Waals surface area contributed by atoms with Gasteiger partial charge >= 0.3 is 6.09 Å². The van der Waals surface area contributed by atoms with Crippen LogP contribution in [0.25, 0.3) is 0 Å². The molecule has 1 amide bonds. The van der Waals surface area contributed by atoms with Crippen LogP contribution in [0.2, 0.25) is 0 Å².